The molecule has 368 valence electrons. The zero-order valence-electron chi connectivity index (χ0n) is 39.2. The highest BCUT2D eigenvalue weighted by Crippen LogP contribution is 2.39. The fourth-order valence-electron chi connectivity index (χ4n) is 8.88. The molecule has 2 N–H and O–H groups in total. The van der Waals surface area contributed by atoms with Crippen LogP contribution >= 0.6 is 22.7 Å². The fourth-order valence-corrected chi connectivity index (χ4v) is 13.1. The number of ether oxygens (including phenoxy) is 4. The largest absolute Gasteiger partial charge is 0.494 e. The number of aliphatic hydroxyl groups is 2. The van der Waals surface area contributed by atoms with Crippen molar-refractivity contribution in [3.63, 3.8) is 0 Å². The second-order valence-corrected chi connectivity index (χ2v) is 23.2. The molecule has 2 saturated carbocycles. The molecule has 4 heterocycles. The van der Waals surface area contributed by atoms with Crippen molar-refractivity contribution in [2.75, 3.05) is 39.9 Å². The van der Waals surface area contributed by atoms with Gasteiger partial charge in [-0.3, -0.25) is 9.13 Å². The van der Waals surface area contributed by atoms with Gasteiger partial charge in [0, 0.05) is 22.1 Å². The van der Waals surface area contributed by atoms with Gasteiger partial charge in [-0.2, -0.15) is 0 Å². The van der Waals surface area contributed by atoms with E-state index in [0.717, 1.165) is 62.8 Å². The zero-order valence-corrected chi connectivity index (χ0v) is 42.5. The summed E-state index contributed by atoms with van der Waals surface area (Å²) < 4.78 is 78.0. The molecule has 0 spiro atoms. The number of para-hydroxylation sites is 2. The number of sulfone groups is 2. The van der Waals surface area contributed by atoms with Gasteiger partial charge in [0.2, 0.25) is 0 Å². The highest BCUT2D eigenvalue weighted by atomic mass is 32.2. The van der Waals surface area contributed by atoms with E-state index in [1.165, 1.54) is 51.1 Å². The highest BCUT2D eigenvalue weighted by Gasteiger charge is 2.31. The van der Waals surface area contributed by atoms with Crippen LogP contribution in [0.2, 0.25) is 0 Å². The number of aliphatic hydroxyl groups excluding tert-OH is 2. The number of hydrogen-bond acceptors (Lipinski definition) is 18. The van der Waals surface area contributed by atoms with Gasteiger partial charge in [-0.25, -0.2) is 26.8 Å². The summed E-state index contributed by atoms with van der Waals surface area (Å²) in [4.78, 5) is 9.05. The van der Waals surface area contributed by atoms with E-state index in [-0.39, 0.29) is 59.3 Å². The number of aryl methyl sites for hydroxylation is 2. The number of rotatable bonds is 20. The fraction of sp³-hybridized carbons (Fsp3) is 0.522. The first-order valence-corrected chi connectivity index (χ1v) is 28.0. The van der Waals surface area contributed by atoms with E-state index < -0.39 is 31.9 Å². The lowest BCUT2D eigenvalue weighted by atomic mass is 9.99. The van der Waals surface area contributed by atoms with E-state index in [1.54, 1.807) is 45.5 Å². The Morgan fingerprint density at radius 2 is 0.926 bits per heavy atom. The van der Waals surface area contributed by atoms with Gasteiger partial charge >= 0.3 is 0 Å². The molecule has 4 aromatic heterocycles. The molecular formula is C46H60N8O10S4. The van der Waals surface area contributed by atoms with Crippen LogP contribution in [0.3, 0.4) is 0 Å². The number of aromatic nitrogens is 8. The third kappa shape index (κ3) is 12.0. The summed E-state index contributed by atoms with van der Waals surface area (Å²) in [6.45, 7) is 3.76. The molecule has 18 nitrogen and oxygen atoms in total. The molecule has 6 aromatic rings. The topological polar surface area (TPSA) is 233 Å². The Bertz CT molecular complexity index is 2610. The number of nitrogens with zero attached hydrogens (tertiary/aromatic N) is 8. The SMILES string of the molecule is COc1cccc(OC)c1-n1c(CS(=O)(=O)CC[C@@H](O)C2CCCC2)nnc1-c1nc(C)cs1.COc1cccc(OC)c1-n1c(CS(=O)(=O)CC[C@H](O)C2CCCC2)nnc1-c1nc(C)cs1. The van der Waals surface area contributed by atoms with Crippen LogP contribution in [0.5, 0.6) is 23.0 Å². The first-order chi connectivity index (χ1) is 32.6. The molecule has 0 aliphatic heterocycles. The zero-order chi connectivity index (χ0) is 48.6. The molecule has 2 aromatic carbocycles. The first-order valence-electron chi connectivity index (χ1n) is 22.6. The predicted octanol–water partition coefficient (Wildman–Crippen LogP) is 7.14. The van der Waals surface area contributed by atoms with Crippen LogP contribution in [-0.4, -0.2) is 119 Å². The molecule has 0 bridgehead atoms. The van der Waals surface area contributed by atoms with E-state index >= 15 is 0 Å². The summed E-state index contributed by atoms with van der Waals surface area (Å²) in [7, 11) is -0.996. The lowest BCUT2D eigenvalue weighted by molar-refractivity contribution is 0.107. The Balaban J connectivity index is 0.000000201. The molecule has 8 rings (SSSR count). The van der Waals surface area contributed by atoms with Crippen molar-refractivity contribution in [2.45, 2.75) is 102 Å². The average molecular weight is 1010 g/mol. The molecule has 2 aliphatic rings. The molecule has 22 heteroatoms. The van der Waals surface area contributed by atoms with Crippen molar-refractivity contribution in [1.29, 1.82) is 0 Å². The molecule has 0 amide bonds. The molecule has 0 unspecified atom stereocenters. The smallest absolute Gasteiger partial charge is 0.197 e. The molecule has 2 aliphatic carbocycles. The first kappa shape index (κ1) is 50.9. The lowest BCUT2D eigenvalue weighted by Gasteiger charge is -2.18. The predicted molar refractivity (Wildman–Crippen MR) is 261 cm³/mol. The highest BCUT2D eigenvalue weighted by molar-refractivity contribution is 7.90. The Kier molecular flexibility index (Phi) is 16.9. The van der Waals surface area contributed by atoms with Gasteiger partial charge in [0.25, 0.3) is 0 Å². The summed E-state index contributed by atoms with van der Waals surface area (Å²) in [5, 5.41) is 43.0. The van der Waals surface area contributed by atoms with Crippen molar-refractivity contribution < 1.29 is 46.0 Å². The maximum atomic E-state index is 13.1. The maximum Gasteiger partial charge on any atom is 0.197 e. The number of hydrogen-bond donors (Lipinski definition) is 2. The average Bonchev–Trinajstić information content (AvgIpc) is 4.20. The monoisotopic (exact) mass is 1010 g/mol. The van der Waals surface area contributed by atoms with Gasteiger partial charge in [-0.15, -0.1) is 43.1 Å². The molecule has 68 heavy (non-hydrogen) atoms. The minimum Gasteiger partial charge on any atom is -0.494 e. The summed E-state index contributed by atoms with van der Waals surface area (Å²) >= 11 is 2.80. The summed E-state index contributed by atoms with van der Waals surface area (Å²) in [5.74, 6) is 2.75. The van der Waals surface area contributed by atoms with Crippen molar-refractivity contribution in [1.82, 2.24) is 39.5 Å². The van der Waals surface area contributed by atoms with Crippen LogP contribution in [0.4, 0.5) is 0 Å². The molecule has 0 radical (unpaired) electrons. The second-order valence-electron chi connectivity index (χ2n) is 17.1. The number of methoxy groups -OCH3 is 4. The Hall–Kier alpha value is -5.00. The normalized spacial score (nSPS) is 15.5. The minimum atomic E-state index is -3.57. The van der Waals surface area contributed by atoms with Crippen molar-refractivity contribution in [3.8, 4) is 56.0 Å². The quantitative estimate of drug-likeness (QED) is 0.0773. The van der Waals surface area contributed by atoms with Gasteiger partial charge in [-0.05, 0) is 88.5 Å². The third-order valence-corrected chi connectivity index (χ3v) is 17.4. The molecule has 0 saturated heterocycles. The Morgan fingerprint density at radius 3 is 1.22 bits per heavy atom. The van der Waals surface area contributed by atoms with Crippen LogP contribution in [0, 0.1) is 25.7 Å². The Morgan fingerprint density at radius 1 is 0.588 bits per heavy atom. The van der Waals surface area contributed by atoms with Gasteiger partial charge in [0.15, 0.2) is 53.0 Å². The lowest BCUT2D eigenvalue weighted by Crippen LogP contribution is -2.23. The maximum absolute atomic E-state index is 13.1. The van der Waals surface area contributed by atoms with Crippen LogP contribution < -0.4 is 18.9 Å². The molecule has 2 atom stereocenters. The van der Waals surface area contributed by atoms with Crippen LogP contribution in [0.1, 0.15) is 87.2 Å². The van der Waals surface area contributed by atoms with Crippen LogP contribution in [0.15, 0.2) is 47.2 Å². The van der Waals surface area contributed by atoms with E-state index in [4.69, 9.17) is 18.9 Å². The van der Waals surface area contributed by atoms with Crippen LogP contribution in [0.25, 0.3) is 33.0 Å². The minimum absolute atomic E-state index is 0.119. The summed E-state index contributed by atoms with van der Waals surface area (Å²) in [6.07, 6.45) is 7.45. The standard InChI is InChI=1S/2C23H30N4O5S2/c2*1-15-13-33-23(24-15)22-26-25-20(27(22)21-18(31-2)9-6-10-19(21)32-3)14-34(29,30)12-11-17(28)16-7-4-5-8-16/h2*6,9-10,13,16-17,28H,4-5,7-8,11-12,14H2,1-3H3/t2*17-/m10/s1. The summed E-state index contributed by atoms with van der Waals surface area (Å²) in [5.41, 5.74) is 2.68. The van der Waals surface area contributed by atoms with Crippen molar-refractivity contribution in [2.24, 2.45) is 11.8 Å². The number of benzene rings is 2. The molecular weight excluding hydrogens is 953 g/mol. The molecule has 2 fully saturated rings. The van der Waals surface area contributed by atoms with Gasteiger partial charge in [0.05, 0.1) is 52.2 Å². The van der Waals surface area contributed by atoms with E-state index in [9.17, 15) is 27.0 Å². The van der Waals surface area contributed by atoms with Gasteiger partial charge in [0.1, 0.15) is 45.9 Å². The van der Waals surface area contributed by atoms with Crippen LogP contribution in [-0.2, 0) is 31.2 Å². The van der Waals surface area contributed by atoms with E-state index in [0.29, 0.717) is 56.0 Å². The van der Waals surface area contributed by atoms with Gasteiger partial charge in [-0.1, -0.05) is 37.8 Å². The van der Waals surface area contributed by atoms with E-state index in [1.807, 2.05) is 24.6 Å². The second kappa shape index (κ2) is 22.6. The third-order valence-electron chi connectivity index (χ3n) is 12.4. The van der Waals surface area contributed by atoms with Gasteiger partial charge < -0.3 is 29.2 Å². The summed E-state index contributed by atoms with van der Waals surface area (Å²) in [6, 6.07) is 10.7. The van der Waals surface area contributed by atoms with E-state index in [2.05, 4.69) is 30.4 Å². The Labute approximate surface area is 405 Å². The van der Waals surface area contributed by atoms with Crippen molar-refractivity contribution in [3.05, 3.63) is 70.2 Å². The van der Waals surface area contributed by atoms with Crippen molar-refractivity contribution >= 4 is 42.3 Å². The number of thiazole rings is 2.